The van der Waals surface area contributed by atoms with E-state index in [1.807, 2.05) is 30.3 Å². The van der Waals surface area contributed by atoms with E-state index in [9.17, 15) is 18.0 Å². The summed E-state index contributed by atoms with van der Waals surface area (Å²) in [5.74, 6) is 0. The smallest absolute Gasteiger partial charge is 0.327 e. The van der Waals surface area contributed by atoms with Crippen LogP contribution in [-0.2, 0) is 12.6 Å². The molecule has 2 aromatic rings. The number of hydrogen-bond acceptors (Lipinski definition) is 1. The fourth-order valence-electron chi connectivity index (χ4n) is 2.09. The summed E-state index contributed by atoms with van der Waals surface area (Å²) in [5.41, 5.74) is -0.0378. The Labute approximate surface area is 132 Å². The largest absolute Gasteiger partial charge is 0.418 e. The zero-order chi connectivity index (χ0) is 16.9. The van der Waals surface area contributed by atoms with Crippen LogP contribution < -0.4 is 5.32 Å². The van der Waals surface area contributed by atoms with Crippen molar-refractivity contribution in [2.75, 3.05) is 18.9 Å². The van der Waals surface area contributed by atoms with Crippen LogP contribution >= 0.6 is 0 Å². The average molecular weight is 322 g/mol. The molecule has 2 amide bonds. The molecule has 0 unspecified atom stereocenters. The Bertz CT molecular complexity index is 656. The molecule has 0 aliphatic carbocycles. The van der Waals surface area contributed by atoms with Crippen LogP contribution in [0.2, 0.25) is 0 Å². The Morgan fingerprint density at radius 2 is 1.65 bits per heavy atom. The number of halogens is 3. The molecule has 23 heavy (non-hydrogen) atoms. The number of carbonyl (C=O) groups excluding carboxylic acids is 1. The number of para-hydroxylation sites is 1. The minimum atomic E-state index is -4.51. The molecule has 0 spiro atoms. The van der Waals surface area contributed by atoms with Gasteiger partial charge < -0.3 is 10.2 Å². The van der Waals surface area contributed by atoms with Crippen molar-refractivity contribution in [2.24, 2.45) is 0 Å². The summed E-state index contributed by atoms with van der Waals surface area (Å²) >= 11 is 0. The lowest BCUT2D eigenvalue weighted by Crippen LogP contribution is -2.33. The molecule has 0 saturated carbocycles. The maximum Gasteiger partial charge on any atom is 0.418 e. The summed E-state index contributed by atoms with van der Waals surface area (Å²) in [6.45, 7) is 0.407. The van der Waals surface area contributed by atoms with Gasteiger partial charge in [0.2, 0.25) is 0 Å². The third-order valence-electron chi connectivity index (χ3n) is 3.40. The summed E-state index contributed by atoms with van der Waals surface area (Å²) in [5, 5.41) is 2.32. The van der Waals surface area contributed by atoms with Crippen LogP contribution in [0.3, 0.4) is 0 Å². The maximum absolute atomic E-state index is 12.9. The lowest BCUT2D eigenvalue weighted by atomic mass is 10.1. The van der Waals surface area contributed by atoms with Gasteiger partial charge in [-0.25, -0.2) is 4.79 Å². The standard InChI is InChI=1S/C17H17F3N2O/c1-22(12-11-13-7-3-2-4-8-13)16(23)21-15-10-6-5-9-14(15)17(18,19)20/h2-10H,11-12H2,1H3,(H,21,23). The highest BCUT2D eigenvalue weighted by Gasteiger charge is 2.33. The molecule has 0 radical (unpaired) electrons. The van der Waals surface area contributed by atoms with E-state index in [0.717, 1.165) is 11.6 Å². The highest BCUT2D eigenvalue weighted by atomic mass is 19.4. The van der Waals surface area contributed by atoms with Crippen LogP contribution in [0, 0.1) is 0 Å². The minimum absolute atomic E-state index is 0.239. The van der Waals surface area contributed by atoms with Crippen molar-refractivity contribution in [3.63, 3.8) is 0 Å². The van der Waals surface area contributed by atoms with Gasteiger partial charge in [-0.2, -0.15) is 13.2 Å². The second-order valence-corrected chi connectivity index (χ2v) is 5.13. The molecule has 0 heterocycles. The highest BCUT2D eigenvalue weighted by Crippen LogP contribution is 2.34. The Morgan fingerprint density at radius 3 is 2.30 bits per heavy atom. The lowest BCUT2D eigenvalue weighted by Gasteiger charge is -2.20. The molecule has 3 nitrogen and oxygen atoms in total. The number of alkyl halides is 3. The SMILES string of the molecule is CN(CCc1ccccc1)C(=O)Nc1ccccc1C(F)(F)F. The van der Waals surface area contributed by atoms with E-state index in [-0.39, 0.29) is 5.69 Å². The van der Waals surface area contributed by atoms with Gasteiger partial charge in [0.05, 0.1) is 11.3 Å². The molecule has 122 valence electrons. The molecule has 1 N–H and O–H groups in total. The first kappa shape index (κ1) is 16.9. The van der Waals surface area contributed by atoms with Gasteiger partial charge in [0.15, 0.2) is 0 Å². The summed E-state index contributed by atoms with van der Waals surface area (Å²) in [6.07, 6.45) is -3.88. The summed E-state index contributed by atoms with van der Waals surface area (Å²) in [4.78, 5) is 13.4. The van der Waals surface area contributed by atoms with Crippen molar-refractivity contribution in [3.05, 3.63) is 65.7 Å². The summed E-state index contributed by atoms with van der Waals surface area (Å²) < 4.78 is 38.7. The van der Waals surface area contributed by atoms with Crippen LogP contribution in [-0.4, -0.2) is 24.5 Å². The van der Waals surface area contributed by atoms with E-state index >= 15 is 0 Å². The van der Waals surface area contributed by atoms with Gasteiger partial charge >= 0.3 is 12.2 Å². The normalized spacial score (nSPS) is 11.1. The van der Waals surface area contributed by atoms with Crippen LogP contribution in [0.15, 0.2) is 54.6 Å². The van der Waals surface area contributed by atoms with E-state index < -0.39 is 17.8 Å². The van der Waals surface area contributed by atoms with Gasteiger partial charge in [-0.3, -0.25) is 0 Å². The lowest BCUT2D eigenvalue weighted by molar-refractivity contribution is -0.136. The molecule has 0 fully saturated rings. The maximum atomic E-state index is 12.9. The first-order valence-corrected chi connectivity index (χ1v) is 7.10. The van der Waals surface area contributed by atoms with E-state index in [1.165, 1.54) is 23.1 Å². The predicted molar refractivity (Wildman–Crippen MR) is 83.2 cm³/mol. The molecule has 0 bridgehead atoms. The molecule has 2 rings (SSSR count). The number of nitrogens with one attached hydrogen (secondary N) is 1. The first-order chi connectivity index (χ1) is 10.9. The number of amides is 2. The van der Waals surface area contributed by atoms with Crippen molar-refractivity contribution in [3.8, 4) is 0 Å². The number of hydrogen-bond donors (Lipinski definition) is 1. The number of likely N-dealkylation sites (N-methyl/N-ethyl adjacent to an activating group) is 1. The van der Waals surface area contributed by atoms with Gasteiger partial charge in [0.1, 0.15) is 0 Å². The Kier molecular flexibility index (Phi) is 5.26. The third-order valence-corrected chi connectivity index (χ3v) is 3.40. The monoisotopic (exact) mass is 322 g/mol. The Hall–Kier alpha value is -2.50. The zero-order valence-corrected chi connectivity index (χ0v) is 12.6. The quantitative estimate of drug-likeness (QED) is 0.888. The first-order valence-electron chi connectivity index (χ1n) is 7.10. The third kappa shape index (κ3) is 4.74. The number of carbonyl (C=O) groups is 1. The second-order valence-electron chi connectivity index (χ2n) is 5.13. The molecular weight excluding hydrogens is 305 g/mol. The molecule has 0 atom stereocenters. The summed E-state index contributed by atoms with van der Waals surface area (Å²) in [7, 11) is 1.55. The van der Waals surface area contributed by atoms with Crippen molar-refractivity contribution in [1.29, 1.82) is 0 Å². The number of benzene rings is 2. The number of rotatable bonds is 4. The van der Waals surface area contributed by atoms with E-state index in [2.05, 4.69) is 5.32 Å². The molecule has 6 heteroatoms. The van der Waals surface area contributed by atoms with Crippen LogP contribution in [0.4, 0.5) is 23.7 Å². The number of nitrogens with zero attached hydrogens (tertiary/aromatic N) is 1. The molecule has 0 aromatic heterocycles. The Balaban J connectivity index is 1.99. The van der Waals surface area contributed by atoms with Crippen molar-refractivity contribution >= 4 is 11.7 Å². The van der Waals surface area contributed by atoms with Crippen molar-refractivity contribution in [2.45, 2.75) is 12.6 Å². The van der Waals surface area contributed by atoms with E-state index in [4.69, 9.17) is 0 Å². The average Bonchev–Trinajstić information content (AvgIpc) is 2.53. The molecule has 0 aliphatic heterocycles. The zero-order valence-electron chi connectivity index (χ0n) is 12.6. The topological polar surface area (TPSA) is 32.3 Å². The molecule has 0 aliphatic rings. The molecule has 0 saturated heterocycles. The minimum Gasteiger partial charge on any atom is -0.327 e. The van der Waals surface area contributed by atoms with Gasteiger partial charge in [-0.15, -0.1) is 0 Å². The number of anilines is 1. The molecule has 2 aromatic carbocycles. The second kappa shape index (κ2) is 7.17. The fourth-order valence-corrected chi connectivity index (χ4v) is 2.09. The Morgan fingerprint density at radius 1 is 1.04 bits per heavy atom. The van der Waals surface area contributed by atoms with Crippen molar-refractivity contribution < 1.29 is 18.0 Å². The van der Waals surface area contributed by atoms with E-state index in [0.29, 0.717) is 13.0 Å². The van der Waals surface area contributed by atoms with E-state index in [1.54, 1.807) is 7.05 Å². The van der Waals surface area contributed by atoms with Crippen LogP contribution in [0.5, 0.6) is 0 Å². The fraction of sp³-hybridized carbons (Fsp3) is 0.235. The molecular formula is C17H17F3N2O. The van der Waals surface area contributed by atoms with Gasteiger partial charge in [0, 0.05) is 13.6 Å². The van der Waals surface area contributed by atoms with Gasteiger partial charge in [0.25, 0.3) is 0 Å². The van der Waals surface area contributed by atoms with Crippen LogP contribution in [0.25, 0.3) is 0 Å². The number of urea groups is 1. The van der Waals surface area contributed by atoms with Gasteiger partial charge in [-0.1, -0.05) is 42.5 Å². The van der Waals surface area contributed by atoms with Gasteiger partial charge in [-0.05, 0) is 24.1 Å². The summed E-state index contributed by atoms with van der Waals surface area (Å²) in [6, 6.07) is 13.9. The van der Waals surface area contributed by atoms with Crippen molar-refractivity contribution in [1.82, 2.24) is 4.90 Å². The van der Waals surface area contributed by atoms with Crippen LogP contribution in [0.1, 0.15) is 11.1 Å². The highest BCUT2D eigenvalue weighted by molar-refractivity contribution is 5.90. The predicted octanol–water partition coefficient (Wildman–Crippen LogP) is 4.41.